The summed E-state index contributed by atoms with van der Waals surface area (Å²) in [7, 11) is -13.2. The molecule has 0 aliphatic heterocycles. The summed E-state index contributed by atoms with van der Waals surface area (Å²) in [6.45, 7) is 26.6. The molecular formula is C68H142O36P4S2. The van der Waals surface area contributed by atoms with E-state index in [0.717, 1.165) is 76.1 Å². The van der Waals surface area contributed by atoms with E-state index in [1.54, 1.807) is 0 Å². The molecule has 0 radical (unpaired) electrons. The first kappa shape index (κ1) is 110. The number of phosphoric ester groups is 4. The molecule has 4 N–H and O–H groups in total. The molecule has 0 heterocycles. The minimum Gasteiger partial charge on any atom is -0.379 e. The molecule has 0 amide bonds. The Morgan fingerprint density at radius 1 is 0.182 bits per heavy atom. The number of unbranched alkanes of at least 4 members (excludes halogenated alkanes) is 6. The van der Waals surface area contributed by atoms with Crippen molar-refractivity contribution in [1.29, 1.82) is 0 Å². The van der Waals surface area contributed by atoms with Crippen molar-refractivity contribution in [2.24, 2.45) is 10.8 Å². The quantitative estimate of drug-likeness (QED) is 0.0250. The summed E-state index contributed by atoms with van der Waals surface area (Å²) in [5.41, 5.74) is 0.521. The molecule has 0 aliphatic rings. The first-order chi connectivity index (χ1) is 53.0. The largest absolute Gasteiger partial charge is 0.472 e. The van der Waals surface area contributed by atoms with Gasteiger partial charge in [0.25, 0.3) is 0 Å². The number of ether oxygens (including phenoxy) is 20. The highest BCUT2D eigenvalue weighted by molar-refractivity contribution is 8.76. The van der Waals surface area contributed by atoms with Gasteiger partial charge in [-0.2, -0.15) is 0 Å². The van der Waals surface area contributed by atoms with Gasteiger partial charge in [-0.25, -0.2) is 18.3 Å². The van der Waals surface area contributed by atoms with E-state index in [2.05, 4.69) is 41.5 Å². The van der Waals surface area contributed by atoms with Crippen LogP contribution in [0, 0.1) is 10.8 Å². The van der Waals surface area contributed by atoms with Gasteiger partial charge in [0.05, 0.1) is 304 Å². The van der Waals surface area contributed by atoms with Crippen LogP contribution in [0.15, 0.2) is 0 Å². The maximum Gasteiger partial charge on any atom is 0.472 e. The van der Waals surface area contributed by atoms with Crippen molar-refractivity contribution in [2.75, 3.05) is 329 Å². The Labute approximate surface area is 663 Å². The van der Waals surface area contributed by atoms with Crippen LogP contribution in [0.2, 0.25) is 0 Å². The van der Waals surface area contributed by atoms with Gasteiger partial charge in [0, 0.05) is 24.7 Å². The zero-order valence-corrected chi connectivity index (χ0v) is 72.1. The van der Waals surface area contributed by atoms with Gasteiger partial charge in [-0.1, -0.05) is 88.8 Å². The maximum absolute atomic E-state index is 12.2. The van der Waals surface area contributed by atoms with E-state index in [1.807, 2.05) is 21.6 Å². The summed E-state index contributed by atoms with van der Waals surface area (Å²) >= 11 is 0. The molecule has 0 aromatic rings. The summed E-state index contributed by atoms with van der Waals surface area (Å²) in [6, 6.07) is 0. The highest BCUT2D eigenvalue weighted by atomic mass is 33.1. The van der Waals surface area contributed by atoms with Crippen LogP contribution in [0.5, 0.6) is 0 Å². The van der Waals surface area contributed by atoms with Crippen LogP contribution in [0.4, 0.5) is 0 Å². The first-order valence-electron chi connectivity index (χ1n) is 38.3. The van der Waals surface area contributed by atoms with Crippen LogP contribution in [0.25, 0.3) is 0 Å². The molecule has 4 atom stereocenters. The van der Waals surface area contributed by atoms with Crippen molar-refractivity contribution < 1.29 is 169 Å². The van der Waals surface area contributed by atoms with Crippen LogP contribution in [-0.2, 0) is 149 Å². The zero-order chi connectivity index (χ0) is 80.6. The Morgan fingerprint density at radius 2 is 0.309 bits per heavy atom. The Hall–Kier alpha value is 0.340. The molecule has 36 nitrogen and oxygen atoms in total. The molecule has 0 saturated heterocycles. The topological polar surface area (TPSA) is 408 Å². The molecule has 4 unspecified atom stereocenters. The van der Waals surface area contributed by atoms with Crippen LogP contribution in [0.3, 0.4) is 0 Å². The van der Waals surface area contributed by atoms with E-state index in [1.165, 1.54) is 0 Å². The SMILES string of the molecule is CC(C)(C)CCOCCOCCOCCOCCOCCOP(=O)(O)OCCOCCOCCOCCOCCOCCOP(=O)(O)OCCCCCCSSCCCCCCOP(=O)(O)OCCOCCOCCOCCOCCOCCOP(=O)(O)OCCOCCOCCOCCOCCOCCC(C)(C)C. The summed E-state index contributed by atoms with van der Waals surface area (Å²) in [5.74, 6) is 1.99. The van der Waals surface area contributed by atoms with Gasteiger partial charge in [0.1, 0.15) is 0 Å². The lowest BCUT2D eigenvalue weighted by atomic mass is 9.93. The lowest BCUT2D eigenvalue weighted by molar-refractivity contribution is -0.0169. The lowest BCUT2D eigenvalue weighted by Gasteiger charge is -2.17. The minimum absolute atomic E-state index is 0.0698. The van der Waals surface area contributed by atoms with E-state index >= 15 is 0 Å². The summed E-state index contributed by atoms with van der Waals surface area (Å²) in [6.07, 6.45) is 8.99. The van der Waals surface area contributed by atoms with Crippen molar-refractivity contribution in [3.05, 3.63) is 0 Å². The third-order valence-electron chi connectivity index (χ3n) is 13.7. The second kappa shape index (κ2) is 80.4. The van der Waals surface area contributed by atoms with Crippen LogP contribution < -0.4 is 0 Å². The lowest BCUT2D eigenvalue weighted by Crippen LogP contribution is -2.15. The fourth-order valence-corrected chi connectivity index (χ4v) is 13.0. The van der Waals surface area contributed by atoms with Gasteiger partial charge >= 0.3 is 31.3 Å². The van der Waals surface area contributed by atoms with Crippen molar-refractivity contribution in [1.82, 2.24) is 0 Å². The third kappa shape index (κ3) is 93.8. The number of hydrogen-bond acceptors (Lipinski definition) is 34. The minimum atomic E-state index is -4.24. The van der Waals surface area contributed by atoms with Crippen molar-refractivity contribution in [3.8, 4) is 0 Å². The van der Waals surface area contributed by atoms with Gasteiger partial charge < -0.3 is 114 Å². The molecule has 0 saturated carbocycles. The van der Waals surface area contributed by atoms with Crippen LogP contribution in [-0.4, -0.2) is 348 Å². The van der Waals surface area contributed by atoms with E-state index < -0.39 is 31.3 Å². The zero-order valence-electron chi connectivity index (χ0n) is 66.9. The van der Waals surface area contributed by atoms with Crippen molar-refractivity contribution >= 4 is 52.9 Å². The standard InChI is InChI=1S/C68H142O36P4S2/c1-67(2,3)15-19-77-21-23-79-25-27-81-29-35-87-43-49-93-55-61-101-107(73,74)103-63-57-95-51-45-89-39-33-83-31-37-85-41-47-91-53-59-99-105(69,70)97-17-11-7-9-13-65-109-110-66-14-10-8-12-18-98-106(71,72)100-60-54-92-48-42-86-38-32-84-34-40-90-46-52-96-58-64-104-108(75,76)102-62-56-94-50-44-88-36-30-82-28-26-80-24-22-78-20-16-68(4,5)6/h7-66H2,1-6H3,(H,69,70)(H,71,72)(H,73,74)(H,75,76). The van der Waals surface area contributed by atoms with Gasteiger partial charge in [0.2, 0.25) is 0 Å². The Balaban J connectivity index is 3.40. The number of hydrogen-bond donors (Lipinski definition) is 4. The molecule has 110 heavy (non-hydrogen) atoms. The van der Waals surface area contributed by atoms with Crippen LogP contribution >= 0.6 is 52.9 Å². The van der Waals surface area contributed by atoms with E-state index in [-0.39, 0.29) is 143 Å². The number of phosphoric acid groups is 4. The Kier molecular flexibility index (Phi) is 80.7. The molecule has 0 bridgehead atoms. The predicted octanol–water partition coefficient (Wildman–Crippen LogP) is 9.23. The smallest absolute Gasteiger partial charge is 0.379 e. The molecule has 0 spiro atoms. The number of rotatable bonds is 93. The predicted molar refractivity (Wildman–Crippen MR) is 413 cm³/mol. The molecule has 662 valence electrons. The van der Waals surface area contributed by atoms with E-state index in [4.69, 9.17) is 131 Å². The molecule has 0 aromatic heterocycles. The summed E-state index contributed by atoms with van der Waals surface area (Å²) in [4.78, 5) is 39.6. The summed E-state index contributed by atoms with van der Waals surface area (Å²) in [5, 5.41) is 0. The van der Waals surface area contributed by atoms with E-state index in [9.17, 15) is 37.8 Å². The molecule has 0 fully saturated rings. The summed E-state index contributed by atoms with van der Waals surface area (Å²) < 4.78 is 197. The van der Waals surface area contributed by atoms with Crippen molar-refractivity contribution in [3.63, 3.8) is 0 Å². The average Bonchev–Trinajstić information content (AvgIpc) is 0.955. The van der Waals surface area contributed by atoms with Gasteiger partial charge in [-0.05, 0) is 49.4 Å². The Bertz CT molecular complexity index is 1980. The normalized spacial score (nSPS) is 14.5. The second-order valence-electron chi connectivity index (χ2n) is 25.9. The molecular weight excluding hydrogens is 1580 g/mol. The molecule has 0 aliphatic carbocycles. The fourth-order valence-electron chi connectivity index (χ4n) is 7.81. The van der Waals surface area contributed by atoms with E-state index in [0.29, 0.717) is 185 Å². The van der Waals surface area contributed by atoms with Crippen molar-refractivity contribution in [2.45, 2.75) is 106 Å². The van der Waals surface area contributed by atoms with Crippen LogP contribution in [0.1, 0.15) is 106 Å². The van der Waals surface area contributed by atoms with Gasteiger partial charge in [-0.15, -0.1) is 0 Å². The van der Waals surface area contributed by atoms with Gasteiger partial charge in [0.15, 0.2) is 0 Å². The van der Waals surface area contributed by atoms with Gasteiger partial charge in [-0.3, -0.25) is 36.2 Å². The highest BCUT2D eigenvalue weighted by Crippen LogP contribution is 2.45. The maximum atomic E-state index is 12.2. The monoisotopic (exact) mass is 1720 g/mol. The fraction of sp³-hybridized carbons (Fsp3) is 1.00. The molecule has 42 heteroatoms. The third-order valence-corrected chi connectivity index (χ3v) is 20.3. The second-order valence-corrected chi connectivity index (χ2v) is 34.4. The molecule has 0 aromatic carbocycles. The highest BCUT2D eigenvalue weighted by Gasteiger charge is 2.24. The molecule has 0 rings (SSSR count). The first-order valence-corrected chi connectivity index (χ1v) is 46.8. The average molecular weight is 1720 g/mol. The Morgan fingerprint density at radius 3 is 0.464 bits per heavy atom.